The Morgan fingerprint density at radius 1 is 1.25 bits per heavy atom. The zero-order valence-corrected chi connectivity index (χ0v) is 15.2. The quantitative estimate of drug-likeness (QED) is 0.770. The zero-order chi connectivity index (χ0) is 20.5. The number of nitrogens with one attached hydrogen (secondary N) is 1. The van der Waals surface area contributed by atoms with Gasteiger partial charge in [-0.1, -0.05) is 12.1 Å². The Balaban J connectivity index is 1.67. The van der Waals surface area contributed by atoms with Gasteiger partial charge in [0.1, 0.15) is 12.4 Å². The molecule has 1 saturated heterocycles. The van der Waals surface area contributed by atoms with Crippen molar-refractivity contribution in [2.24, 2.45) is 5.92 Å². The summed E-state index contributed by atoms with van der Waals surface area (Å²) in [7, 11) is 0. The Bertz CT molecular complexity index is 827. The first-order valence-corrected chi connectivity index (χ1v) is 9.01. The molecule has 154 valence electrons. The van der Waals surface area contributed by atoms with Crippen molar-refractivity contribution in [3.63, 3.8) is 0 Å². The fourth-order valence-corrected chi connectivity index (χ4v) is 3.61. The van der Waals surface area contributed by atoms with E-state index in [0.29, 0.717) is 37.0 Å². The van der Waals surface area contributed by atoms with Gasteiger partial charge >= 0.3 is 12.7 Å². The van der Waals surface area contributed by atoms with Crippen LogP contribution in [0.1, 0.15) is 38.2 Å². The second kappa shape index (κ2) is 8.02. The largest absolute Gasteiger partial charge is 0.405 e. The number of halogens is 5. The van der Waals surface area contributed by atoms with Crippen molar-refractivity contribution < 1.29 is 26.7 Å². The molecule has 1 fully saturated rings. The average molecular weight is 404 g/mol. The number of carbonyl (C=O) groups is 1. The predicted octanol–water partition coefficient (Wildman–Crippen LogP) is 3.88. The van der Waals surface area contributed by atoms with Crippen LogP contribution in [-0.4, -0.2) is 46.2 Å². The Hall–Kier alpha value is -2.23. The minimum atomic E-state index is -4.45. The van der Waals surface area contributed by atoms with Crippen molar-refractivity contribution in [3.8, 4) is 0 Å². The molecule has 2 heterocycles. The summed E-state index contributed by atoms with van der Waals surface area (Å²) in [6.07, 6.45) is -3.72. The Morgan fingerprint density at radius 2 is 1.89 bits per heavy atom. The van der Waals surface area contributed by atoms with Crippen molar-refractivity contribution in [3.05, 3.63) is 30.1 Å². The van der Waals surface area contributed by atoms with Crippen LogP contribution in [-0.2, 0) is 4.79 Å². The highest BCUT2D eigenvalue weighted by Crippen LogP contribution is 2.31. The van der Waals surface area contributed by atoms with Crippen molar-refractivity contribution in [1.82, 2.24) is 19.8 Å². The average Bonchev–Trinajstić information content (AvgIpc) is 3.05. The molecule has 0 aliphatic carbocycles. The molecular formula is C18H21F5N4O. The fourth-order valence-electron chi connectivity index (χ4n) is 3.61. The highest BCUT2D eigenvalue weighted by molar-refractivity contribution is 5.78. The molecule has 1 N–H and O–H groups in total. The number of aromatic nitrogens is 2. The Labute approximate surface area is 158 Å². The van der Waals surface area contributed by atoms with Gasteiger partial charge in [-0.25, -0.2) is 4.98 Å². The second-order valence-electron chi connectivity index (χ2n) is 6.93. The number of carbonyl (C=O) groups excluding carboxylic acids is 1. The van der Waals surface area contributed by atoms with Gasteiger partial charge in [0.05, 0.1) is 17.1 Å². The number of hydrogen-bond donors (Lipinski definition) is 1. The smallest absolute Gasteiger partial charge is 0.347 e. The zero-order valence-electron chi connectivity index (χ0n) is 15.2. The number of benzene rings is 1. The summed E-state index contributed by atoms with van der Waals surface area (Å²) in [6.45, 7) is -1.49. The van der Waals surface area contributed by atoms with Gasteiger partial charge < -0.3 is 5.32 Å². The summed E-state index contributed by atoms with van der Waals surface area (Å²) < 4.78 is 64.9. The molecule has 0 radical (unpaired) electrons. The minimum absolute atomic E-state index is 0.233. The molecule has 1 amide bonds. The molecule has 2 aromatic rings. The van der Waals surface area contributed by atoms with Gasteiger partial charge in [0.2, 0.25) is 5.91 Å². The summed E-state index contributed by atoms with van der Waals surface area (Å²) in [5, 5.41) is 1.91. The summed E-state index contributed by atoms with van der Waals surface area (Å²) >= 11 is 0. The number of imidazole rings is 1. The number of amides is 1. The molecule has 1 atom stereocenters. The number of alkyl halides is 5. The summed E-state index contributed by atoms with van der Waals surface area (Å²) in [6, 6.07) is 6.23. The number of piperidine rings is 1. The number of hydrogen-bond acceptors (Lipinski definition) is 3. The highest BCUT2D eigenvalue weighted by atomic mass is 19.4. The summed E-state index contributed by atoms with van der Waals surface area (Å²) in [4.78, 5) is 18.2. The maximum absolute atomic E-state index is 13.6. The number of para-hydroxylation sites is 2. The second-order valence-corrected chi connectivity index (χ2v) is 6.93. The van der Waals surface area contributed by atoms with Crippen molar-refractivity contribution in [2.75, 3.05) is 19.6 Å². The van der Waals surface area contributed by atoms with Gasteiger partial charge in [0.25, 0.3) is 0 Å². The Kier molecular flexibility index (Phi) is 5.87. The lowest BCUT2D eigenvalue weighted by atomic mass is 9.95. The van der Waals surface area contributed by atoms with E-state index in [1.165, 1.54) is 0 Å². The predicted molar refractivity (Wildman–Crippen MR) is 92.8 cm³/mol. The molecule has 1 aromatic carbocycles. The lowest BCUT2D eigenvalue weighted by Crippen LogP contribution is -2.43. The lowest BCUT2D eigenvalue weighted by Gasteiger charge is -2.35. The topological polar surface area (TPSA) is 50.2 Å². The van der Waals surface area contributed by atoms with E-state index >= 15 is 0 Å². The van der Waals surface area contributed by atoms with Crippen LogP contribution < -0.4 is 5.32 Å². The number of rotatable bonds is 5. The fraction of sp³-hybridized carbons (Fsp3) is 0.556. The monoisotopic (exact) mass is 404 g/mol. The molecule has 1 aliphatic rings. The first-order valence-electron chi connectivity index (χ1n) is 9.01. The third kappa shape index (κ3) is 4.43. The normalized spacial score (nSPS) is 18.0. The SMILES string of the molecule is C[C@H](c1nc2ccccc2n1C(F)F)N1CCC(C(=O)NCC(F)(F)F)CC1. The van der Waals surface area contributed by atoms with Gasteiger partial charge in [0.15, 0.2) is 0 Å². The summed E-state index contributed by atoms with van der Waals surface area (Å²) in [5.74, 6) is -0.902. The van der Waals surface area contributed by atoms with E-state index in [4.69, 9.17) is 0 Å². The first kappa shape index (κ1) is 20.5. The molecule has 1 aromatic heterocycles. The standard InChI is InChI=1S/C18H21F5N4O/c1-11(15-25-13-4-2-3-5-14(13)27(15)17(19)20)26-8-6-12(7-9-26)16(28)24-10-18(21,22)23/h2-5,11-12,17H,6-10H2,1H3,(H,24,28)/t11-/m1/s1. The number of fused-ring (bicyclic) bond motifs is 1. The van der Waals surface area contributed by atoms with Gasteiger partial charge in [0, 0.05) is 5.92 Å². The van der Waals surface area contributed by atoms with Crippen LogP contribution in [0, 0.1) is 5.92 Å². The molecule has 5 nitrogen and oxygen atoms in total. The van der Waals surface area contributed by atoms with Crippen molar-refractivity contribution >= 4 is 16.9 Å². The van der Waals surface area contributed by atoms with E-state index in [-0.39, 0.29) is 5.82 Å². The van der Waals surface area contributed by atoms with Crippen LogP contribution in [0.15, 0.2) is 24.3 Å². The molecule has 0 saturated carbocycles. The van der Waals surface area contributed by atoms with Crippen LogP contribution in [0.5, 0.6) is 0 Å². The van der Waals surface area contributed by atoms with E-state index in [9.17, 15) is 26.7 Å². The molecule has 0 bridgehead atoms. The van der Waals surface area contributed by atoms with Crippen LogP contribution in [0.4, 0.5) is 22.0 Å². The van der Waals surface area contributed by atoms with Crippen LogP contribution in [0.3, 0.4) is 0 Å². The maximum Gasteiger partial charge on any atom is 0.405 e. The molecule has 0 spiro atoms. The maximum atomic E-state index is 13.6. The molecule has 3 rings (SSSR count). The molecular weight excluding hydrogens is 383 g/mol. The van der Waals surface area contributed by atoms with Crippen molar-refractivity contribution in [2.45, 2.75) is 38.5 Å². The van der Waals surface area contributed by atoms with Gasteiger partial charge in [-0.3, -0.25) is 14.3 Å². The highest BCUT2D eigenvalue weighted by Gasteiger charge is 2.33. The van der Waals surface area contributed by atoms with Crippen LogP contribution >= 0.6 is 0 Å². The van der Waals surface area contributed by atoms with E-state index in [0.717, 1.165) is 4.57 Å². The first-order chi connectivity index (χ1) is 13.2. The van der Waals surface area contributed by atoms with E-state index < -0.39 is 37.1 Å². The van der Waals surface area contributed by atoms with Gasteiger partial charge in [-0.15, -0.1) is 0 Å². The number of nitrogens with zero attached hydrogens (tertiary/aromatic N) is 3. The Morgan fingerprint density at radius 3 is 2.50 bits per heavy atom. The van der Waals surface area contributed by atoms with Crippen molar-refractivity contribution in [1.29, 1.82) is 0 Å². The van der Waals surface area contributed by atoms with E-state index in [1.807, 2.05) is 10.2 Å². The third-order valence-electron chi connectivity index (χ3n) is 5.10. The third-order valence-corrected chi connectivity index (χ3v) is 5.10. The van der Waals surface area contributed by atoms with Gasteiger partial charge in [-0.2, -0.15) is 22.0 Å². The van der Waals surface area contributed by atoms with E-state index in [1.54, 1.807) is 31.2 Å². The van der Waals surface area contributed by atoms with E-state index in [2.05, 4.69) is 4.98 Å². The molecule has 10 heteroatoms. The lowest BCUT2D eigenvalue weighted by molar-refractivity contribution is -0.141. The summed E-state index contributed by atoms with van der Waals surface area (Å²) in [5.41, 5.74) is 0.826. The van der Waals surface area contributed by atoms with Gasteiger partial charge in [-0.05, 0) is 45.0 Å². The molecule has 0 unspecified atom stereocenters. The number of likely N-dealkylation sites (tertiary alicyclic amines) is 1. The molecule has 1 aliphatic heterocycles. The molecule has 28 heavy (non-hydrogen) atoms. The van der Waals surface area contributed by atoms with Crippen LogP contribution in [0.25, 0.3) is 11.0 Å². The van der Waals surface area contributed by atoms with Crippen LogP contribution in [0.2, 0.25) is 0 Å². The minimum Gasteiger partial charge on any atom is -0.347 e.